The number of carbonyl (C=O) groups is 1. The molecule has 88 valence electrons. The minimum Gasteiger partial charge on any atom is -0.465 e. The van der Waals surface area contributed by atoms with Crippen molar-refractivity contribution >= 4 is 5.97 Å². The van der Waals surface area contributed by atoms with Crippen molar-refractivity contribution in [1.82, 2.24) is 0 Å². The number of hydrogen-bond donors (Lipinski definition) is 1. The number of nitrogens with two attached hydrogens (primary N) is 1. The minimum atomic E-state index is -0.0729. The van der Waals surface area contributed by atoms with Crippen LogP contribution in [0.2, 0.25) is 0 Å². The van der Waals surface area contributed by atoms with Gasteiger partial charge in [-0.3, -0.25) is 4.79 Å². The van der Waals surface area contributed by atoms with Gasteiger partial charge < -0.3 is 15.2 Å². The van der Waals surface area contributed by atoms with Crippen molar-refractivity contribution in [3.63, 3.8) is 0 Å². The van der Waals surface area contributed by atoms with E-state index >= 15 is 0 Å². The van der Waals surface area contributed by atoms with Gasteiger partial charge in [0.05, 0.1) is 25.2 Å². The summed E-state index contributed by atoms with van der Waals surface area (Å²) in [5.74, 6) is 0.376. The SMILES string of the molecule is CC(C)COC(=O)C1CC(OCCN)C1. The molecule has 0 aromatic rings. The van der Waals surface area contributed by atoms with Gasteiger partial charge in [-0.2, -0.15) is 0 Å². The highest BCUT2D eigenvalue weighted by Crippen LogP contribution is 2.31. The van der Waals surface area contributed by atoms with Crippen molar-refractivity contribution in [3.8, 4) is 0 Å². The molecule has 0 spiro atoms. The number of esters is 1. The molecule has 0 saturated heterocycles. The number of ether oxygens (including phenoxy) is 2. The maximum absolute atomic E-state index is 11.4. The summed E-state index contributed by atoms with van der Waals surface area (Å²) in [6, 6.07) is 0. The van der Waals surface area contributed by atoms with Crippen LogP contribution in [0.3, 0.4) is 0 Å². The molecule has 1 aliphatic rings. The summed E-state index contributed by atoms with van der Waals surface area (Å²) in [5, 5.41) is 0. The van der Waals surface area contributed by atoms with Gasteiger partial charge in [-0.1, -0.05) is 13.8 Å². The van der Waals surface area contributed by atoms with Crippen LogP contribution in [0, 0.1) is 11.8 Å². The lowest BCUT2D eigenvalue weighted by molar-refractivity contribution is -0.158. The van der Waals surface area contributed by atoms with E-state index in [-0.39, 0.29) is 18.0 Å². The van der Waals surface area contributed by atoms with Crippen molar-refractivity contribution in [2.24, 2.45) is 17.6 Å². The van der Waals surface area contributed by atoms with Crippen LogP contribution in [0.25, 0.3) is 0 Å². The quantitative estimate of drug-likeness (QED) is 0.670. The summed E-state index contributed by atoms with van der Waals surface area (Å²) in [7, 11) is 0. The lowest BCUT2D eigenvalue weighted by Crippen LogP contribution is -2.38. The molecule has 15 heavy (non-hydrogen) atoms. The molecule has 4 heteroatoms. The van der Waals surface area contributed by atoms with Gasteiger partial charge in [-0.25, -0.2) is 0 Å². The fourth-order valence-corrected chi connectivity index (χ4v) is 1.50. The monoisotopic (exact) mass is 215 g/mol. The third-order valence-corrected chi connectivity index (χ3v) is 2.46. The van der Waals surface area contributed by atoms with E-state index in [4.69, 9.17) is 15.2 Å². The number of rotatable bonds is 6. The van der Waals surface area contributed by atoms with Crippen molar-refractivity contribution in [1.29, 1.82) is 0 Å². The van der Waals surface area contributed by atoms with Crippen molar-refractivity contribution < 1.29 is 14.3 Å². The average molecular weight is 215 g/mol. The lowest BCUT2D eigenvalue weighted by atomic mass is 9.82. The molecular weight excluding hydrogens is 194 g/mol. The van der Waals surface area contributed by atoms with Gasteiger partial charge in [0.1, 0.15) is 0 Å². The van der Waals surface area contributed by atoms with E-state index in [1.165, 1.54) is 0 Å². The Labute approximate surface area is 91.1 Å². The highest BCUT2D eigenvalue weighted by atomic mass is 16.5. The first kappa shape index (κ1) is 12.5. The predicted molar refractivity (Wildman–Crippen MR) is 57.3 cm³/mol. The molecule has 0 aliphatic heterocycles. The van der Waals surface area contributed by atoms with Crippen molar-refractivity contribution in [3.05, 3.63) is 0 Å². The van der Waals surface area contributed by atoms with Crippen LogP contribution in [0.4, 0.5) is 0 Å². The first-order valence-electron chi connectivity index (χ1n) is 5.61. The van der Waals surface area contributed by atoms with E-state index in [1.807, 2.05) is 13.8 Å². The Balaban J connectivity index is 2.07. The number of hydrogen-bond acceptors (Lipinski definition) is 4. The Morgan fingerprint density at radius 3 is 2.67 bits per heavy atom. The molecule has 1 saturated carbocycles. The summed E-state index contributed by atoms with van der Waals surface area (Å²) in [5.41, 5.74) is 5.31. The lowest BCUT2D eigenvalue weighted by Gasteiger charge is -2.33. The third-order valence-electron chi connectivity index (χ3n) is 2.46. The fraction of sp³-hybridized carbons (Fsp3) is 0.909. The van der Waals surface area contributed by atoms with Gasteiger partial charge in [0.2, 0.25) is 0 Å². The standard InChI is InChI=1S/C11H21NO3/c1-8(2)7-15-11(13)9-5-10(6-9)14-4-3-12/h8-10H,3-7,12H2,1-2H3. The molecule has 0 unspecified atom stereocenters. The van der Waals surface area contributed by atoms with Gasteiger partial charge >= 0.3 is 5.97 Å². The van der Waals surface area contributed by atoms with Crippen molar-refractivity contribution in [2.45, 2.75) is 32.8 Å². The molecule has 0 radical (unpaired) electrons. The Kier molecular flexibility index (Phi) is 5.05. The summed E-state index contributed by atoms with van der Waals surface area (Å²) >= 11 is 0. The largest absolute Gasteiger partial charge is 0.465 e. The van der Waals surface area contributed by atoms with Crippen LogP contribution >= 0.6 is 0 Å². The molecule has 0 heterocycles. The van der Waals surface area contributed by atoms with E-state index in [0.29, 0.717) is 25.7 Å². The van der Waals surface area contributed by atoms with Crippen LogP contribution in [0.1, 0.15) is 26.7 Å². The Morgan fingerprint density at radius 2 is 2.13 bits per heavy atom. The molecule has 1 aliphatic carbocycles. The zero-order valence-corrected chi connectivity index (χ0v) is 9.57. The number of carbonyl (C=O) groups excluding carboxylic acids is 1. The van der Waals surface area contributed by atoms with Crippen molar-refractivity contribution in [2.75, 3.05) is 19.8 Å². The summed E-state index contributed by atoms with van der Waals surface area (Å²) in [4.78, 5) is 11.4. The second-order valence-electron chi connectivity index (χ2n) is 4.47. The molecule has 0 atom stereocenters. The predicted octanol–water partition coefficient (Wildman–Crippen LogP) is 0.940. The Hall–Kier alpha value is -0.610. The maximum atomic E-state index is 11.4. The Morgan fingerprint density at radius 1 is 1.47 bits per heavy atom. The van der Waals surface area contributed by atoms with E-state index < -0.39 is 0 Å². The van der Waals surface area contributed by atoms with Crippen LogP contribution in [-0.4, -0.2) is 31.8 Å². The molecule has 0 bridgehead atoms. The van der Waals surface area contributed by atoms with E-state index in [1.54, 1.807) is 0 Å². The first-order valence-corrected chi connectivity index (χ1v) is 5.61. The Bertz CT molecular complexity index is 200. The first-order chi connectivity index (χ1) is 7.13. The molecule has 0 aromatic heterocycles. The van der Waals surface area contributed by atoms with Crippen LogP contribution in [0.5, 0.6) is 0 Å². The van der Waals surface area contributed by atoms with Gasteiger partial charge in [0, 0.05) is 6.54 Å². The molecule has 2 N–H and O–H groups in total. The highest BCUT2D eigenvalue weighted by molar-refractivity contribution is 5.73. The fourth-order valence-electron chi connectivity index (χ4n) is 1.50. The second kappa shape index (κ2) is 6.08. The zero-order chi connectivity index (χ0) is 11.3. The van der Waals surface area contributed by atoms with Gasteiger partial charge in [-0.15, -0.1) is 0 Å². The minimum absolute atomic E-state index is 0.0477. The zero-order valence-electron chi connectivity index (χ0n) is 9.57. The normalized spacial score (nSPS) is 25.1. The third kappa shape index (κ3) is 4.18. The molecule has 0 aromatic carbocycles. The van der Waals surface area contributed by atoms with Gasteiger partial charge in [0.25, 0.3) is 0 Å². The second-order valence-corrected chi connectivity index (χ2v) is 4.47. The van der Waals surface area contributed by atoms with Crippen LogP contribution in [0.15, 0.2) is 0 Å². The molecule has 0 amide bonds. The van der Waals surface area contributed by atoms with Crippen LogP contribution < -0.4 is 5.73 Å². The maximum Gasteiger partial charge on any atom is 0.309 e. The summed E-state index contributed by atoms with van der Waals surface area (Å²) in [6.45, 7) is 5.70. The molecule has 1 rings (SSSR count). The van der Waals surface area contributed by atoms with E-state index in [0.717, 1.165) is 12.8 Å². The van der Waals surface area contributed by atoms with Gasteiger partial charge in [0.15, 0.2) is 0 Å². The summed E-state index contributed by atoms with van der Waals surface area (Å²) in [6.07, 6.45) is 1.79. The van der Waals surface area contributed by atoms with Crippen LogP contribution in [-0.2, 0) is 14.3 Å². The summed E-state index contributed by atoms with van der Waals surface area (Å²) < 4.78 is 10.5. The van der Waals surface area contributed by atoms with E-state index in [2.05, 4.69) is 0 Å². The molecule has 1 fully saturated rings. The molecular formula is C11H21NO3. The highest BCUT2D eigenvalue weighted by Gasteiger charge is 2.36. The topological polar surface area (TPSA) is 61.5 Å². The van der Waals surface area contributed by atoms with E-state index in [9.17, 15) is 4.79 Å². The average Bonchev–Trinajstić information content (AvgIpc) is 2.12. The smallest absolute Gasteiger partial charge is 0.309 e. The molecule has 4 nitrogen and oxygen atoms in total. The van der Waals surface area contributed by atoms with Gasteiger partial charge in [-0.05, 0) is 18.8 Å².